The van der Waals surface area contributed by atoms with E-state index in [1.54, 1.807) is 4.90 Å². The Balaban J connectivity index is 1.16. The van der Waals surface area contributed by atoms with Gasteiger partial charge >= 0.3 is 5.97 Å². The van der Waals surface area contributed by atoms with E-state index in [2.05, 4.69) is 16.8 Å². The van der Waals surface area contributed by atoms with Crippen molar-refractivity contribution in [3.05, 3.63) is 51.4 Å². The predicted octanol–water partition coefficient (Wildman–Crippen LogP) is 4.36. The fraction of sp³-hybridized carbons (Fsp3) is 0.531. The molecular weight excluding hydrogens is 667 g/mol. The van der Waals surface area contributed by atoms with E-state index in [1.807, 2.05) is 19.9 Å². The fourth-order valence-electron chi connectivity index (χ4n) is 6.59. The third-order valence-electron chi connectivity index (χ3n) is 9.04. The highest BCUT2D eigenvalue weighted by Crippen LogP contribution is 2.30. The summed E-state index contributed by atoms with van der Waals surface area (Å²) in [6.07, 6.45) is 2.84. The summed E-state index contributed by atoms with van der Waals surface area (Å²) in [5.41, 5.74) is 3.87. The lowest BCUT2D eigenvalue weighted by Crippen LogP contribution is -2.51. The van der Waals surface area contributed by atoms with Gasteiger partial charge in [0.25, 0.3) is 0 Å². The van der Waals surface area contributed by atoms with Crippen molar-refractivity contribution in [1.82, 2.24) is 29.1 Å². The van der Waals surface area contributed by atoms with Gasteiger partial charge in [-0.05, 0) is 81.7 Å². The van der Waals surface area contributed by atoms with E-state index in [-0.39, 0.29) is 46.7 Å². The number of aryl methyl sites for hydroxylation is 3. The van der Waals surface area contributed by atoms with Crippen LogP contribution in [0.3, 0.4) is 0 Å². The summed E-state index contributed by atoms with van der Waals surface area (Å²) in [6, 6.07) is 3.50. The van der Waals surface area contributed by atoms with Gasteiger partial charge in [0.1, 0.15) is 23.4 Å². The third kappa shape index (κ3) is 7.74. The monoisotopic (exact) mass is 706 g/mol. The Labute approximate surface area is 284 Å². The number of piperidine rings is 1. The number of nitrogens with zero attached hydrogens (tertiary/aromatic N) is 5. The van der Waals surface area contributed by atoms with E-state index in [0.29, 0.717) is 25.4 Å². The Morgan fingerprint density at radius 1 is 1.02 bits per heavy atom. The number of aliphatic carboxylic acids is 1. The number of sulfonamides is 1. The number of benzene rings is 1. The minimum absolute atomic E-state index is 0.0653. The molecule has 0 aliphatic carbocycles. The first kappa shape index (κ1) is 35.1. The van der Waals surface area contributed by atoms with Crippen molar-refractivity contribution in [2.45, 2.75) is 89.2 Å². The highest BCUT2D eigenvalue weighted by Gasteiger charge is 2.41. The van der Waals surface area contributed by atoms with Crippen molar-refractivity contribution in [3.63, 3.8) is 0 Å². The maximum Gasteiger partial charge on any atom is 0.326 e. The number of halogens is 2. The Morgan fingerprint density at radius 2 is 1.70 bits per heavy atom. The van der Waals surface area contributed by atoms with Crippen molar-refractivity contribution in [1.29, 1.82) is 0 Å². The topological polar surface area (TPSA) is 155 Å². The largest absolute Gasteiger partial charge is 0.480 e. The van der Waals surface area contributed by atoms with Crippen LogP contribution in [0.4, 0.5) is 0 Å². The molecule has 254 valence electrons. The number of likely N-dealkylation sites (tertiary alicyclic amines) is 1. The third-order valence-corrected chi connectivity index (χ3v) is 11.4. The quantitative estimate of drug-likeness (QED) is 0.298. The molecule has 4 heterocycles. The molecule has 2 N–H and O–H groups in total. The summed E-state index contributed by atoms with van der Waals surface area (Å²) in [4.78, 5) is 49.6. The molecule has 2 atom stereocenters. The van der Waals surface area contributed by atoms with E-state index >= 15 is 0 Å². The number of aromatic nitrogens is 3. The van der Waals surface area contributed by atoms with Crippen LogP contribution >= 0.6 is 23.2 Å². The summed E-state index contributed by atoms with van der Waals surface area (Å²) in [5.74, 6) is -0.866. The van der Waals surface area contributed by atoms with Crippen LogP contribution < -0.4 is 5.32 Å². The van der Waals surface area contributed by atoms with Crippen LogP contribution in [-0.4, -0.2) is 86.8 Å². The molecule has 0 bridgehead atoms. The molecule has 0 unspecified atom stereocenters. The number of fused-ring (bicyclic) bond motifs is 1. The second-order valence-corrected chi connectivity index (χ2v) is 15.1. The zero-order chi connectivity index (χ0) is 34.0. The highest BCUT2D eigenvalue weighted by atomic mass is 35.5. The number of hydrogen-bond donors (Lipinski definition) is 2. The molecule has 2 fully saturated rings. The molecule has 0 saturated carbocycles. The number of pyridine rings is 1. The molecule has 0 radical (unpaired) electrons. The van der Waals surface area contributed by atoms with E-state index in [4.69, 9.17) is 33.2 Å². The zero-order valence-electron chi connectivity index (χ0n) is 26.7. The van der Waals surface area contributed by atoms with E-state index in [9.17, 15) is 27.9 Å². The number of rotatable bonds is 11. The van der Waals surface area contributed by atoms with Crippen LogP contribution in [0.15, 0.2) is 29.2 Å². The van der Waals surface area contributed by atoms with Crippen molar-refractivity contribution in [2.24, 2.45) is 5.92 Å². The molecule has 3 aromatic rings. The molecule has 2 aliphatic rings. The summed E-state index contributed by atoms with van der Waals surface area (Å²) in [6.45, 7) is 8.06. The van der Waals surface area contributed by atoms with Gasteiger partial charge in [0.2, 0.25) is 21.8 Å². The van der Waals surface area contributed by atoms with Gasteiger partial charge in [-0.25, -0.2) is 23.2 Å². The van der Waals surface area contributed by atoms with Crippen LogP contribution in [0.2, 0.25) is 10.0 Å². The normalized spacial score (nSPS) is 18.5. The van der Waals surface area contributed by atoms with Gasteiger partial charge in [-0.3, -0.25) is 9.59 Å². The van der Waals surface area contributed by atoms with E-state index in [1.165, 1.54) is 18.2 Å². The molecule has 2 aliphatic heterocycles. The first-order chi connectivity index (χ1) is 22.3. The number of carboxylic acids is 1. The van der Waals surface area contributed by atoms with Crippen molar-refractivity contribution in [3.8, 4) is 0 Å². The molecular formula is C32H40Cl2N6O6S. The minimum Gasteiger partial charge on any atom is -0.480 e. The SMILES string of the molecule is CCc1nc2c(C)cc(C)nc2n1CC1CCN(C(=O)CC[C@H](NC(=O)[C@H]2CCCN2S(=O)(=O)c2cc(Cl)cc(Cl)c2)C(=O)O)CC1. The maximum absolute atomic E-state index is 13.3. The molecule has 2 saturated heterocycles. The van der Waals surface area contributed by atoms with Crippen LogP contribution in [0.25, 0.3) is 11.2 Å². The van der Waals surface area contributed by atoms with Gasteiger partial charge in [-0.15, -0.1) is 0 Å². The number of hydrogen-bond acceptors (Lipinski definition) is 7. The molecule has 47 heavy (non-hydrogen) atoms. The standard InChI is InChI=1S/C32H40Cl2N6O6S/c1-4-27-37-29-19(2)14-20(3)35-30(29)39(27)18-21-9-12-38(13-10-21)28(41)8-7-25(32(43)44)36-31(42)26-6-5-11-40(26)47(45,46)24-16-22(33)15-23(34)17-24/h14-17,21,25-26H,4-13,18H2,1-3H3,(H,36,42)(H,43,44)/t25-,26+/m0/s1. The van der Waals surface area contributed by atoms with Crippen molar-refractivity contribution >= 4 is 62.2 Å². The average molecular weight is 708 g/mol. The Morgan fingerprint density at radius 3 is 2.34 bits per heavy atom. The van der Waals surface area contributed by atoms with Gasteiger partial charge in [0, 0.05) is 54.8 Å². The Kier molecular flexibility index (Phi) is 10.8. The minimum atomic E-state index is -4.13. The van der Waals surface area contributed by atoms with Gasteiger partial charge in [0.05, 0.1) is 4.90 Å². The summed E-state index contributed by atoms with van der Waals surface area (Å²) in [5, 5.41) is 12.6. The summed E-state index contributed by atoms with van der Waals surface area (Å²) >= 11 is 12.0. The van der Waals surface area contributed by atoms with Gasteiger partial charge in [-0.2, -0.15) is 4.31 Å². The first-order valence-corrected chi connectivity index (χ1v) is 18.1. The second kappa shape index (κ2) is 14.5. The van der Waals surface area contributed by atoms with Gasteiger partial charge < -0.3 is 19.9 Å². The zero-order valence-corrected chi connectivity index (χ0v) is 29.0. The molecule has 2 aromatic heterocycles. The Hall–Kier alpha value is -3.26. The van der Waals surface area contributed by atoms with Crippen molar-refractivity contribution in [2.75, 3.05) is 19.6 Å². The smallest absolute Gasteiger partial charge is 0.326 e. The number of carbonyl (C=O) groups is 3. The second-order valence-electron chi connectivity index (χ2n) is 12.4. The molecule has 0 spiro atoms. The fourth-order valence-corrected chi connectivity index (χ4v) is 8.97. The lowest BCUT2D eigenvalue weighted by atomic mass is 9.96. The van der Waals surface area contributed by atoms with E-state index in [0.717, 1.165) is 58.4 Å². The summed E-state index contributed by atoms with van der Waals surface area (Å²) in [7, 11) is -4.13. The van der Waals surface area contributed by atoms with Crippen LogP contribution in [0.1, 0.15) is 62.5 Å². The van der Waals surface area contributed by atoms with E-state index < -0.39 is 34.0 Å². The molecule has 5 rings (SSSR count). The maximum atomic E-state index is 13.3. The van der Waals surface area contributed by atoms with Gasteiger partial charge in [-0.1, -0.05) is 30.1 Å². The number of nitrogens with one attached hydrogen (secondary N) is 1. The molecule has 15 heteroatoms. The first-order valence-electron chi connectivity index (χ1n) is 15.9. The van der Waals surface area contributed by atoms with Crippen molar-refractivity contribution < 1.29 is 27.9 Å². The highest BCUT2D eigenvalue weighted by molar-refractivity contribution is 7.89. The van der Waals surface area contributed by atoms with Crippen LogP contribution in [-0.2, 0) is 37.4 Å². The number of carbonyl (C=O) groups excluding carboxylic acids is 2. The molecule has 1 aromatic carbocycles. The average Bonchev–Trinajstić information content (AvgIpc) is 3.65. The molecule has 12 nitrogen and oxygen atoms in total. The lowest BCUT2D eigenvalue weighted by molar-refractivity contribution is -0.143. The van der Waals surface area contributed by atoms with Crippen LogP contribution in [0, 0.1) is 19.8 Å². The summed E-state index contributed by atoms with van der Waals surface area (Å²) < 4.78 is 29.9. The number of carboxylic acid groups (broad SMARTS) is 1. The predicted molar refractivity (Wildman–Crippen MR) is 178 cm³/mol. The number of amides is 2. The van der Waals surface area contributed by atoms with Crippen LogP contribution in [0.5, 0.6) is 0 Å². The Bertz CT molecular complexity index is 1770. The van der Waals surface area contributed by atoms with Gasteiger partial charge in [0.15, 0.2) is 5.65 Å². The molecule has 2 amide bonds. The number of imidazole rings is 1. The lowest BCUT2D eigenvalue weighted by Gasteiger charge is -2.33.